The summed E-state index contributed by atoms with van der Waals surface area (Å²) in [6, 6.07) is 18.6. The van der Waals surface area contributed by atoms with E-state index >= 15 is 0 Å². The summed E-state index contributed by atoms with van der Waals surface area (Å²) in [5.41, 5.74) is -0.118. The number of fused-ring (bicyclic) bond motifs is 1. The third-order valence-electron chi connectivity index (χ3n) is 5.48. The topological polar surface area (TPSA) is 66.8 Å². The van der Waals surface area contributed by atoms with Gasteiger partial charge in [-0.2, -0.15) is 0 Å². The molecule has 1 heterocycles. The molecule has 0 fully saturated rings. The Kier molecular flexibility index (Phi) is 6.24. The third kappa shape index (κ3) is 4.11. The monoisotopic (exact) mass is 469 g/mol. The Bertz CT molecular complexity index is 1180. The van der Waals surface area contributed by atoms with Crippen LogP contribution in [0.25, 0.3) is 0 Å². The number of hydrogen-bond acceptors (Lipinski definition) is 4. The van der Waals surface area contributed by atoms with Crippen LogP contribution in [0.3, 0.4) is 0 Å². The van der Waals surface area contributed by atoms with Gasteiger partial charge in [0.1, 0.15) is 5.75 Å². The molecule has 1 N–H and O–H groups in total. The molecule has 5 nitrogen and oxygen atoms in total. The van der Waals surface area contributed by atoms with E-state index < -0.39 is 17.9 Å². The van der Waals surface area contributed by atoms with Crippen molar-refractivity contribution in [3.8, 4) is 5.75 Å². The predicted molar refractivity (Wildman–Crippen MR) is 125 cm³/mol. The smallest absolute Gasteiger partial charge is 0.264 e. The molecule has 1 aliphatic rings. The lowest BCUT2D eigenvalue weighted by atomic mass is 9.88. The molecule has 164 valence electrons. The second kappa shape index (κ2) is 8.94. The first kappa shape index (κ1) is 22.3. The van der Waals surface area contributed by atoms with Crippen LogP contribution in [0.5, 0.6) is 5.75 Å². The molecule has 0 saturated carbocycles. The molecule has 1 atom stereocenters. The number of anilines is 1. The predicted octanol–water partition coefficient (Wildman–Crippen LogP) is 5.40. The second-order valence-corrected chi connectivity index (χ2v) is 8.41. The molecule has 0 radical (unpaired) electrons. The molecule has 3 aromatic carbocycles. The zero-order chi connectivity index (χ0) is 22.9. The maximum atomic E-state index is 13.4. The van der Waals surface area contributed by atoms with Gasteiger partial charge in [0.25, 0.3) is 5.91 Å². The highest BCUT2D eigenvalue weighted by atomic mass is 35.5. The van der Waals surface area contributed by atoms with E-state index in [4.69, 9.17) is 27.9 Å². The van der Waals surface area contributed by atoms with Gasteiger partial charge in [0.05, 0.1) is 25.3 Å². The van der Waals surface area contributed by atoms with Gasteiger partial charge < -0.3 is 14.7 Å². The van der Waals surface area contributed by atoms with E-state index in [1.165, 1.54) is 11.0 Å². The summed E-state index contributed by atoms with van der Waals surface area (Å²) < 4.78 is 5.40. The maximum absolute atomic E-state index is 13.4. The number of aliphatic hydroxyl groups is 1. The van der Waals surface area contributed by atoms with Gasteiger partial charge in [0.2, 0.25) is 0 Å². The number of benzene rings is 3. The average molecular weight is 470 g/mol. The molecule has 1 aliphatic heterocycles. The van der Waals surface area contributed by atoms with Gasteiger partial charge in [-0.25, -0.2) is 0 Å². The molecular formula is C25H21Cl2NO4. The van der Waals surface area contributed by atoms with Crippen molar-refractivity contribution in [2.75, 3.05) is 11.5 Å². The number of amides is 1. The molecule has 4 rings (SSSR count). The van der Waals surface area contributed by atoms with E-state index in [9.17, 15) is 14.7 Å². The van der Waals surface area contributed by atoms with E-state index in [2.05, 4.69) is 0 Å². The molecular weight excluding hydrogens is 449 g/mol. The number of rotatable bonds is 7. The fraction of sp³-hybridized carbons (Fsp3) is 0.200. The first-order valence-electron chi connectivity index (χ1n) is 10.2. The molecule has 0 spiro atoms. The van der Waals surface area contributed by atoms with Crippen molar-refractivity contribution in [2.24, 2.45) is 0 Å². The zero-order valence-corrected chi connectivity index (χ0v) is 18.9. The van der Waals surface area contributed by atoms with E-state index in [-0.39, 0.29) is 12.3 Å². The SMILES string of the molecule is CCOc1ccc(C(=O)CC2(O)C(=O)N(Cc3ccccc3Cl)c3ccc(Cl)cc32)cc1. The lowest BCUT2D eigenvalue weighted by molar-refractivity contribution is -0.136. The normalized spacial score (nSPS) is 17.4. The first-order chi connectivity index (χ1) is 15.3. The van der Waals surface area contributed by atoms with Crippen molar-refractivity contribution in [1.29, 1.82) is 0 Å². The summed E-state index contributed by atoms with van der Waals surface area (Å²) in [5.74, 6) is -0.314. The van der Waals surface area contributed by atoms with Gasteiger partial charge in [-0.05, 0) is 61.0 Å². The first-order valence-corrected chi connectivity index (χ1v) is 10.9. The van der Waals surface area contributed by atoms with Crippen LogP contribution in [0.2, 0.25) is 10.0 Å². The van der Waals surface area contributed by atoms with Crippen LogP contribution in [0.1, 0.15) is 34.8 Å². The number of Topliss-reactive ketones (excluding diaryl/α,β-unsaturated/α-hetero) is 1. The quantitative estimate of drug-likeness (QED) is 0.470. The van der Waals surface area contributed by atoms with Crippen LogP contribution in [0.4, 0.5) is 5.69 Å². The Hall–Kier alpha value is -2.86. The van der Waals surface area contributed by atoms with Crippen molar-refractivity contribution in [1.82, 2.24) is 0 Å². The number of ether oxygens (including phenoxy) is 1. The summed E-state index contributed by atoms with van der Waals surface area (Å²) in [7, 11) is 0. The number of hydrogen-bond donors (Lipinski definition) is 1. The molecule has 0 saturated heterocycles. The number of ketones is 1. The highest BCUT2D eigenvalue weighted by Crippen LogP contribution is 2.45. The van der Waals surface area contributed by atoms with Crippen molar-refractivity contribution in [3.63, 3.8) is 0 Å². The minimum Gasteiger partial charge on any atom is -0.494 e. The summed E-state index contributed by atoms with van der Waals surface area (Å²) in [4.78, 5) is 27.9. The van der Waals surface area contributed by atoms with Gasteiger partial charge in [0, 0.05) is 21.2 Å². The van der Waals surface area contributed by atoms with Crippen LogP contribution >= 0.6 is 23.2 Å². The Morgan fingerprint density at radius 3 is 2.47 bits per heavy atom. The minimum absolute atomic E-state index is 0.159. The molecule has 0 bridgehead atoms. The fourth-order valence-corrected chi connectivity index (χ4v) is 4.25. The molecule has 0 aromatic heterocycles. The van der Waals surface area contributed by atoms with Gasteiger partial charge in [0.15, 0.2) is 11.4 Å². The highest BCUT2D eigenvalue weighted by molar-refractivity contribution is 6.31. The highest BCUT2D eigenvalue weighted by Gasteiger charge is 2.51. The standard InChI is InChI=1S/C25H21Cl2NO4/c1-2-32-19-10-7-16(8-11-19)23(29)14-25(31)20-13-18(26)9-12-22(20)28(24(25)30)15-17-5-3-4-6-21(17)27/h3-13,31H,2,14-15H2,1H3. The molecule has 1 amide bonds. The van der Waals surface area contributed by atoms with Crippen molar-refractivity contribution >= 4 is 40.6 Å². The summed E-state index contributed by atoms with van der Waals surface area (Å²) in [6.45, 7) is 2.55. The van der Waals surface area contributed by atoms with Gasteiger partial charge >= 0.3 is 0 Å². The van der Waals surface area contributed by atoms with Crippen LogP contribution in [0, 0.1) is 0 Å². The van der Waals surface area contributed by atoms with E-state index in [0.29, 0.717) is 39.2 Å². The minimum atomic E-state index is -2.03. The Morgan fingerprint density at radius 1 is 1.06 bits per heavy atom. The van der Waals surface area contributed by atoms with Crippen molar-refractivity contribution < 1.29 is 19.4 Å². The summed E-state index contributed by atoms with van der Waals surface area (Å²) >= 11 is 12.5. The van der Waals surface area contributed by atoms with Crippen molar-refractivity contribution in [3.05, 3.63) is 93.5 Å². The van der Waals surface area contributed by atoms with E-state index in [0.717, 1.165) is 5.56 Å². The largest absolute Gasteiger partial charge is 0.494 e. The summed E-state index contributed by atoms with van der Waals surface area (Å²) in [5, 5.41) is 12.4. The molecule has 0 aliphatic carbocycles. The van der Waals surface area contributed by atoms with Crippen molar-refractivity contribution in [2.45, 2.75) is 25.5 Å². The van der Waals surface area contributed by atoms with Crippen LogP contribution in [0.15, 0.2) is 66.7 Å². The summed E-state index contributed by atoms with van der Waals surface area (Å²) in [6.07, 6.45) is -0.411. The lowest BCUT2D eigenvalue weighted by Crippen LogP contribution is -2.41. The fourth-order valence-electron chi connectivity index (χ4n) is 3.89. The Labute approximate surface area is 196 Å². The third-order valence-corrected chi connectivity index (χ3v) is 6.09. The number of carbonyl (C=O) groups excluding carboxylic acids is 2. The van der Waals surface area contributed by atoms with Gasteiger partial charge in [-0.3, -0.25) is 9.59 Å². The van der Waals surface area contributed by atoms with Gasteiger partial charge in [-0.15, -0.1) is 0 Å². The maximum Gasteiger partial charge on any atom is 0.264 e. The van der Waals surface area contributed by atoms with Crippen LogP contribution < -0.4 is 9.64 Å². The molecule has 7 heteroatoms. The Balaban J connectivity index is 1.67. The Morgan fingerprint density at radius 2 is 1.78 bits per heavy atom. The molecule has 32 heavy (non-hydrogen) atoms. The zero-order valence-electron chi connectivity index (χ0n) is 17.3. The van der Waals surface area contributed by atoms with Crippen LogP contribution in [-0.4, -0.2) is 23.4 Å². The average Bonchev–Trinajstić information content (AvgIpc) is 2.97. The van der Waals surface area contributed by atoms with E-state index in [1.807, 2.05) is 19.1 Å². The lowest BCUT2D eigenvalue weighted by Gasteiger charge is -2.23. The molecule has 3 aromatic rings. The number of nitrogens with zero attached hydrogens (tertiary/aromatic N) is 1. The van der Waals surface area contributed by atoms with E-state index in [1.54, 1.807) is 48.5 Å². The second-order valence-electron chi connectivity index (χ2n) is 7.56. The van der Waals surface area contributed by atoms with Gasteiger partial charge in [-0.1, -0.05) is 41.4 Å². The number of halogens is 2. The number of carbonyl (C=O) groups is 2. The molecule has 1 unspecified atom stereocenters. The van der Waals surface area contributed by atoms with Crippen LogP contribution in [-0.2, 0) is 16.9 Å².